The molecule has 1 aliphatic rings. The lowest BCUT2D eigenvalue weighted by atomic mass is 9.84. The molecule has 4 rings (SSSR count). The largest absolute Gasteiger partial charge is 0.494 e. The van der Waals surface area contributed by atoms with Gasteiger partial charge in [-0.25, -0.2) is 14.8 Å². The van der Waals surface area contributed by atoms with Crippen LogP contribution in [0.4, 0.5) is 23.0 Å². The number of carboxylic acids is 1. The van der Waals surface area contributed by atoms with E-state index in [1.54, 1.807) is 18.3 Å². The molecule has 0 spiro atoms. The topological polar surface area (TPSA) is 87.6 Å². The second kappa shape index (κ2) is 9.68. The number of aromatic nitrogens is 2. The zero-order chi connectivity index (χ0) is 22.5. The second-order valence-corrected chi connectivity index (χ2v) is 8.07. The zero-order valence-electron chi connectivity index (χ0n) is 18.4. The first kappa shape index (κ1) is 21.6. The van der Waals surface area contributed by atoms with E-state index in [1.807, 2.05) is 24.1 Å². The highest BCUT2D eigenvalue weighted by Gasteiger charge is 2.16. The minimum absolute atomic E-state index is 0.140. The summed E-state index contributed by atoms with van der Waals surface area (Å²) in [6, 6.07) is 15.9. The van der Waals surface area contributed by atoms with Crippen molar-refractivity contribution in [2.24, 2.45) is 0 Å². The monoisotopic (exact) mass is 432 g/mol. The summed E-state index contributed by atoms with van der Waals surface area (Å²) in [7, 11) is 3.41. The van der Waals surface area contributed by atoms with E-state index in [0.29, 0.717) is 17.4 Å². The lowest BCUT2D eigenvalue weighted by Crippen LogP contribution is -2.11. The van der Waals surface area contributed by atoms with Crippen molar-refractivity contribution in [1.29, 1.82) is 0 Å². The highest BCUT2D eigenvalue weighted by Crippen LogP contribution is 2.34. The van der Waals surface area contributed by atoms with Gasteiger partial charge in [0.15, 0.2) is 11.4 Å². The van der Waals surface area contributed by atoms with Crippen molar-refractivity contribution in [3.8, 4) is 5.75 Å². The molecule has 7 nitrogen and oxygen atoms in total. The Morgan fingerprint density at radius 3 is 2.44 bits per heavy atom. The fraction of sp³-hybridized carbons (Fsp3) is 0.320. The van der Waals surface area contributed by atoms with Crippen LogP contribution in [0.2, 0.25) is 0 Å². The highest BCUT2D eigenvalue weighted by atomic mass is 16.5. The Morgan fingerprint density at radius 2 is 1.81 bits per heavy atom. The molecule has 32 heavy (non-hydrogen) atoms. The van der Waals surface area contributed by atoms with Gasteiger partial charge in [0.1, 0.15) is 11.6 Å². The predicted molar refractivity (Wildman–Crippen MR) is 126 cm³/mol. The van der Waals surface area contributed by atoms with Gasteiger partial charge in [-0.3, -0.25) is 0 Å². The number of anilines is 4. The van der Waals surface area contributed by atoms with Gasteiger partial charge >= 0.3 is 5.97 Å². The van der Waals surface area contributed by atoms with Crippen LogP contribution in [0.25, 0.3) is 0 Å². The van der Waals surface area contributed by atoms with Crippen LogP contribution < -0.4 is 15.0 Å². The van der Waals surface area contributed by atoms with Gasteiger partial charge in [0.2, 0.25) is 0 Å². The number of carbonyl (C=O) groups is 1. The summed E-state index contributed by atoms with van der Waals surface area (Å²) in [5.74, 6) is 0.988. The second-order valence-electron chi connectivity index (χ2n) is 8.07. The van der Waals surface area contributed by atoms with Crippen molar-refractivity contribution >= 4 is 29.0 Å². The normalized spacial score (nSPS) is 14.1. The van der Waals surface area contributed by atoms with Gasteiger partial charge in [-0.1, -0.05) is 31.4 Å². The van der Waals surface area contributed by atoms with Crippen molar-refractivity contribution in [2.75, 3.05) is 24.4 Å². The summed E-state index contributed by atoms with van der Waals surface area (Å²) in [5.41, 5.74) is 3.09. The molecule has 1 aromatic carbocycles. The number of nitrogens with zero attached hydrogens (tertiary/aromatic N) is 3. The van der Waals surface area contributed by atoms with Gasteiger partial charge in [-0.15, -0.1) is 0 Å². The van der Waals surface area contributed by atoms with E-state index in [1.165, 1.54) is 44.8 Å². The first-order chi connectivity index (χ1) is 15.5. The number of aromatic carboxylic acids is 1. The minimum atomic E-state index is -1.14. The zero-order valence-corrected chi connectivity index (χ0v) is 18.4. The summed E-state index contributed by atoms with van der Waals surface area (Å²) in [5, 5.41) is 12.4. The van der Waals surface area contributed by atoms with Crippen molar-refractivity contribution in [3.63, 3.8) is 0 Å². The Hall–Kier alpha value is -3.61. The molecule has 0 unspecified atom stereocenters. The quantitative estimate of drug-likeness (QED) is 0.492. The Morgan fingerprint density at radius 1 is 1.06 bits per heavy atom. The van der Waals surface area contributed by atoms with Crippen LogP contribution in [0.5, 0.6) is 5.75 Å². The van der Waals surface area contributed by atoms with Crippen LogP contribution in [-0.4, -0.2) is 35.2 Å². The van der Waals surface area contributed by atoms with Crippen molar-refractivity contribution < 1.29 is 14.6 Å². The number of benzene rings is 1. The number of ether oxygens (including phenoxy) is 1. The maximum absolute atomic E-state index is 11.4. The molecule has 1 aliphatic carbocycles. The van der Waals surface area contributed by atoms with Crippen molar-refractivity contribution in [3.05, 3.63) is 66.0 Å². The summed E-state index contributed by atoms with van der Waals surface area (Å²) < 4.78 is 5.05. The number of nitrogens with one attached hydrogen (secondary N) is 1. The Labute approximate surface area is 188 Å². The van der Waals surface area contributed by atoms with Gasteiger partial charge in [0, 0.05) is 12.7 Å². The molecule has 1 saturated carbocycles. The van der Waals surface area contributed by atoms with Crippen LogP contribution in [-0.2, 0) is 0 Å². The lowest BCUT2D eigenvalue weighted by Gasteiger charge is -2.23. The average molecular weight is 433 g/mol. The standard InChI is InChI=1S/C25H28N4O3/c1-29(20-11-8-18(9-12-20)17-6-4-3-5-7-17)23-15-10-19(16-26-23)27-22-14-13-21(32-2)24(28-22)25(30)31/h8-17H,3-7H2,1-2H3,(H,27,28)(H,30,31). The number of rotatable bonds is 7. The van der Waals surface area contributed by atoms with Crippen LogP contribution in [0.1, 0.15) is 54.1 Å². The van der Waals surface area contributed by atoms with Gasteiger partial charge < -0.3 is 20.1 Å². The molecule has 0 aliphatic heterocycles. The fourth-order valence-corrected chi connectivity index (χ4v) is 4.18. The number of carboxylic acid groups (broad SMARTS) is 1. The molecule has 2 N–H and O–H groups in total. The smallest absolute Gasteiger partial charge is 0.358 e. The average Bonchev–Trinajstić information content (AvgIpc) is 2.84. The van der Waals surface area contributed by atoms with E-state index >= 15 is 0 Å². The highest BCUT2D eigenvalue weighted by molar-refractivity contribution is 5.89. The fourth-order valence-electron chi connectivity index (χ4n) is 4.18. The number of pyridine rings is 2. The molecule has 7 heteroatoms. The van der Waals surface area contributed by atoms with Crippen LogP contribution in [0, 0.1) is 0 Å². The Balaban J connectivity index is 1.44. The molecule has 166 valence electrons. The molecule has 0 amide bonds. The van der Waals surface area contributed by atoms with E-state index in [9.17, 15) is 9.90 Å². The molecular formula is C25H28N4O3. The van der Waals surface area contributed by atoms with Crippen LogP contribution >= 0.6 is 0 Å². The molecule has 0 saturated heterocycles. The predicted octanol–water partition coefficient (Wildman–Crippen LogP) is 5.74. The van der Waals surface area contributed by atoms with E-state index in [0.717, 1.165) is 11.5 Å². The molecule has 2 heterocycles. The first-order valence-corrected chi connectivity index (χ1v) is 10.9. The molecule has 0 radical (unpaired) electrons. The maximum atomic E-state index is 11.4. The molecule has 0 atom stereocenters. The van der Waals surface area contributed by atoms with Gasteiger partial charge in [0.25, 0.3) is 0 Å². The van der Waals surface area contributed by atoms with Crippen molar-refractivity contribution in [2.45, 2.75) is 38.0 Å². The number of hydrogen-bond donors (Lipinski definition) is 2. The molecule has 0 bridgehead atoms. The van der Waals surface area contributed by atoms with E-state index in [2.05, 4.69) is 39.6 Å². The SMILES string of the molecule is COc1ccc(Nc2ccc(N(C)c3ccc(C4CCCCC4)cc3)nc2)nc1C(=O)O. The van der Waals surface area contributed by atoms with Crippen molar-refractivity contribution in [1.82, 2.24) is 9.97 Å². The number of hydrogen-bond acceptors (Lipinski definition) is 6. The molecule has 1 fully saturated rings. The summed E-state index contributed by atoms with van der Waals surface area (Å²) in [6.45, 7) is 0. The third kappa shape index (κ3) is 4.82. The van der Waals surface area contributed by atoms with E-state index in [4.69, 9.17) is 4.74 Å². The lowest BCUT2D eigenvalue weighted by molar-refractivity contribution is 0.0686. The molecule has 3 aromatic rings. The van der Waals surface area contributed by atoms with Crippen LogP contribution in [0.15, 0.2) is 54.7 Å². The molecular weight excluding hydrogens is 404 g/mol. The third-order valence-corrected chi connectivity index (χ3v) is 6.00. The Bertz CT molecular complexity index is 1060. The van der Waals surface area contributed by atoms with Gasteiger partial charge in [0.05, 0.1) is 19.0 Å². The summed E-state index contributed by atoms with van der Waals surface area (Å²) in [4.78, 5) is 22.1. The van der Waals surface area contributed by atoms with E-state index in [-0.39, 0.29) is 11.4 Å². The minimum Gasteiger partial charge on any atom is -0.494 e. The van der Waals surface area contributed by atoms with Gasteiger partial charge in [-0.05, 0) is 60.7 Å². The Kier molecular flexibility index (Phi) is 6.54. The molecule has 2 aromatic heterocycles. The van der Waals surface area contributed by atoms with Gasteiger partial charge in [-0.2, -0.15) is 0 Å². The van der Waals surface area contributed by atoms with Crippen LogP contribution in [0.3, 0.4) is 0 Å². The summed E-state index contributed by atoms with van der Waals surface area (Å²) >= 11 is 0. The third-order valence-electron chi connectivity index (χ3n) is 6.00. The summed E-state index contributed by atoms with van der Waals surface area (Å²) in [6.07, 6.45) is 8.32. The number of methoxy groups -OCH3 is 1. The van der Waals surface area contributed by atoms with E-state index < -0.39 is 5.97 Å². The first-order valence-electron chi connectivity index (χ1n) is 10.9. The maximum Gasteiger partial charge on any atom is 0.358 e.